The molecule has 2 aromatic carbocycles. The van der Waals surface area contributed by atoms with Gasteiger partial charge in [0.1, 0.15) is 5.60 Å². The molecule has 1 amide bonds. The molecule has 0 atom stereocenters. The number of benzene rings is 2. The van der Waals surface area contributed by atoms with Gasteiger partial charge in [-0.05, 0) is 57.2 Å². The Kier molecular flexibility index (Phi) is 6.12. The van der Waals surface area contributed by atoms with E-state index in [1.165, 1.54) is 6.07 Å². The van der Waals surface area contributed by atoms with Gasteiger partial charge in [-0.3, -0.25) is 0 Å². The normalized spacial score (nSPS) is 12.2. The van der Waals surface area contributed by atoms with Gasteiger partial charge in [0.15, 0.2) is 0 Å². The van der Waals surface area contributed by atoms with Gasteiger partial charge in [0.2, 0.25) is 0 Å². The van der Waals surface area contributed by atoms with Gasteiger partial charge in [0, 0.05) is 28.3 Å². The highest BCUT2D eigenvalue weighted by atomic mass is 79.9. The number of carbonyl (C=O) groups is 1. The summed E-state index contributed by atoms with van der Waals surface area (Å²) in [6.07, 6.45) is -5.02. The number of amides is 1. The summed E-state index contributed by atoms with van der Waals surface area (Å²) in [5, 5.41) is 6.81. The first-order chi connectivity index (χ1) is 13.9. The molecular weight excluding hydrogens is 463 g/mol. The SMILES string of the molecule is CC(C)(C)OC(=O)NCCNc1c2cc(Br)ccc2nc2ccc(C(F)(F)F)cc12. The van der Waals surface area contributed by atoms with E-state index < -0.39 is 23.4 Å². The Hall–Kier alpha value is -2.55. The minimum Gasteiger partial charge on any atom is -0.444 e. The molecule has 3 rings (SSSR count). The number of ether oxygens (including phenoxy) is 1. The summed E-state index contributed by atoms with van der Waals surface area (Å²) in [7, 11) is 0. The van der Waals surface area contributed by atoms with Crippen LogP contribution in [0.1, 0.15) is 26.3 Å². The Labute approximate surface area is 180 Å². The smallest absolute Gasteiger partial charge is 0.416 e. The molecule has 0 saturated carbocycles. The van der Waals surface area contributed by atoms with Gasteiger partial charge >= 0.3 is 12.3 Å². The lowest BCUT2D eigenvalue weighted by molar-refractivity contribution is -0.137. The first-order valence-corrected chi connectivity index (χ1v) is 10.0. The zero-order chi connectivity index (χ0) is 22.1. The van der Waals surface area contributed by atoms with Crippen LogP contribution < -0.4 is 10.6 Å². The van der Waals surface area contributed by atoms with E-state index in [0.717, 1.165) is 16.6 Å². The number of nitrogens with one attached hydrogen (secondary N) is 2. The summed E-state index contributed by atoms with van der Waals surface area (Å²) >= 11 is 3.40. The third-order valence-electron chi connectivity index (χ3n) is 4.16. The third kappa shape index (κ3) is 5.33. The minimum absolute atomic E-state index is 0.229. The topological polar surface area (TPSA) is 63.2 Å². The van der Waals surface area contributed by atoms with Crippen molar-refractivity contribution in [3.05, 3.63) is 46.4 Å². The number of nitrogens with zero attached hydrogens (tertiary/aromatic N) is 1. The molecule has 0 aliphatic heterocycles. The monoisotopic (exact) mass is 483 g/mol. The predicted octanol–water partition coefficient (Wildman–Crippen LogP) is 6.11. The number of rotatable bonds is 4. The molecule has 0 fully saturated rings. The van der Waals surface area contributed by atoms with Crippen molar-refractivity contribution in [2.24, 2.45) is 0 Å². The number of pyridine rings is 1. The van der Waals surface area contributed by atoms with E-state index in [4.69, 9.17) is 4.74 Å². The van der Waals surface area contributed by atoms with Gasteiger partial charge in [0.25, 0.3) is 0 Å². The maximum atomic E-state index is 13.2. The lowest BCUT2D eigenvalue weighted by Crippen LogP contribution is -2.35. The number of hydrogen-bond acceptors (Lipinski definition) is 4. The molecule has 1 heterocycles. The number of alkyl carbamates (subject to hydrolysis) is 1. The van der Waals surface area contributed by atoms with Crippen molar-refractivity contribution in [1.29, 1.82) is 0 Å². The molecule has 1 aromatic heterocycles. The molecule has 0 radical (unpaired) electrons. The van der Waals surface area contributed by atoms with Crippen LogP contribution in [0, 0.1) is 0 Å². The highest BCUT2D eigenvalue weighted by Crippen LogP contribution is 2.36. The molecule has 9 heteroatoms. The van der Waals surface area contributed by atoms with E-state index >= 15 is 0 Å². The Bertz CT molecular complexity index is 1090. The van der Waals surface area contributed by atoms with Crippen LogP contribution in [-0.2, 0) is 10.9 Å². The molecule has 2 N–H and O–H groups in total. The van der Waals surface area contributed by atoms with Crippen LogP contribution in [0.5, 0.6) is 0 Å². The van der Waals surface area contributed by atoms with Crippen molar-refractivity contribution in [1.82, 2.24) is 10.3 Å². The van der Waals surface area contributed by atoms with E-state index in [-0.39, 0.29) is 13.1 Å². The number of anilines is 1. The molecule has 30 heavy (non-hydrogen) atoms. The fraction of sp³-hybridized carbons (Fsp3) is 0.333. The lowest BCUT2D eigenvalue weighted by Gasteiger charge is -2.20. The molecule has 0 saturated heterocycles. The average molecular weight is 484 g/mol. The molecule has 0 bridgehead atoms. The molecule has 0 aliphatic carbocycles. The second kappa shape index (κ2) is 8.29. The van der Waals surface area contributed by atoms with Gasteiger partial charge in [0.05, 0.1) is 22.3 Å². The van der Waals surface area contributed by atoms with E-state index in [1.807, 2.05) is 6.07 Å². The molecule has 5 nitrogen and oxygen atoms in total. The predicted molar refractivity (Wildman–Crippen MR) is 115 cm³/mol. The average Bonchev–Trinajstić information content (AvgIpc) is 2.62. The van der Waals surface area contributed by atoms with Gasteiger partial charge in [-0.1, -0.05) is 15.9 Å². The fourth-order valence-electron chi connectivity index (χ4n) is 2.95. The van der Waals surface area contributed by atoms with Crippen LogP contribution in [0.3, 0.4) is 0 Å². The van der Waals surface area contributed by atoms with Crippen LogP contribution in [0.25, 0.3) is 21.8 Å². The Morgan fingerprint density at radius 1 is 1.03 bits per heavy atom. The van der Waals surface area contributed by atoms with E-state index in [1.54, 1.807) is 32.9 Å². The highest BCUT2D eigenvalue weighted by molar-refractivity contribution is 9.10. The van der Waals surface area contributed by atoms with E-state index in [2.05, 4.69) is 31.5 Å². The molecule has 0 unspecified atom stereocenters. The number of fused-ring (bicyclic) bond motifs is 2. The fourth-order valence-corrected chi connectivity index (χ4v) is 3.31. The standard InChI is InChI=1S/C21H21BrF3N3O2/c1-20(2,3)30-19(29)27-9-8-26-18-14-10-12(21(23,24)25)4-6-16(14)28-17-7-5-13(22)11-15(17)18/h4-7,10-11H,8-9H2,1-3H3,(H,26,28)(H,27,29). The van der Waals surface area contributed by atoms with Crippen LogP contribution in [0.15, 0.2) is 40.9 Å². The van der Waals surface area contributed by atoms with Crippen molar-refractivity contribution in [3.63, 3.8) is 0 Å². The van der Waals surface area contributed by atoms with Gasteiger partial charge in [-0.2, -0.15) is 13.2 Å². The van der Waals surface area contributed by atoms with Crippen LogP contribution >= 0.6 is 15.9 Å². The second-order valence-corrected chi connectivity index (χ2v) is 8.65. The van der Waals surface area contributed by atoms with Gasteiger partial charge in [-0.15, -0.1) is 0 Å². The molecule has 3 aromatic rings. The summed E-state index contributed by atoms with van der Waals surface area (Å²) < 4.78 is 45.7. The third-order valence-corrected chi connectivity index (χ3v) is 4.65. The Morgan fingerprint density at radius 2 is 1.67 bits per heavy atom. The van der Waals surface area contributed by atoms with Crippen molar-refractivity contribution in [3.8, 4) is 0 Å². The second-order valence-electron chi connectivity index (χ2n) is 7.73. The van der Waals surface area contributed by atoms with Crippen LogP contribution in [0.2, 0.25) is 0 Å². The Morgan fingerprint density at radius 3 is 2.30 bits per heavy atom. The van der Waals surface area contributed by atoms with Gasteiger partial charge in [-0.25, -0.2) is 9.78 Å². The summed E-state index contributed by atoms with van der Waals surface area (Å²) in [5.41, 5.74) is 0.248. The summed E-state index contributed by atoms with van der Waals surface area (Å²) in [6.45, 7) is 5.80. The van der Waals surface area contributed by atoms with Crippen LogP contribution in [-0.4, -0.2) is 29.8 Å². The zero-order valence-electron chi connectivity index (χ0n) is 16.7. The summed E-state index contributed by atoms with van der Waals surface area (Å²) in [6, 6.07) is 8.88. The number of alkyl halides is 3. The van der Waals surface area contributed by atoms with Crippen molar-refractivity contribution >= 4 is 49.5 Å². The lowest BCUT2D eigenvalue weighted by atomic mass is 10.0. The molecular formula is C21H21BrF3N3O2. The number of aromatic nitrogens is 1. The first kappa shape index (κ1) is 22.1. The largest absolute Gasteiger partial charge is 0.444 e. The number of carbonyl (C=O) groups excluding carboxylic acids is 1. The van der Waals surface area contributed by atoms with E-state index in [9.17, 15) is 18.0 Å². The molecule has 0 aliphatic rings. The maximum absolute atomic E-state index is 13.2. The maximum Gasteiger partial charge on any atom is 0.416 e. The van der Waals surface area contributed by atoms with Crippen molar-refractivity contribution < 1.29 is 22.7 Å². The Balaban J connectivity index is 1.93. The zero-order valence-corrected chi connectivity index (χ0v) is 18.2. The summed E-state index contributed by atoms with van der Waals surface area (Å²) in [5.74, 6) is 0. The van der Waals surface area contributed by atoms with Gasteiger partial charge < -0.3 is 15.4 Å². The van der Waals surface area contributed by atoms with Crippen LogP contribution in [0.4, 0.5) is 23.7 Å². The van der Waals surface area contributed by atoms with Crippen molar-refractivity contribution in [2.45, 2.75) is 32.5 Å². The quantitative estimate of drug-likeness (QED) is 0.347. The molecule has 160 valence electrons. The summed E-state index contributed by atoms with van der Waals surface area (Å²) in [4.78, 5) is 16.3. The number of halogens is 4. The highest BCUT2D eigenvalue weighted by Gasteiger charge is 2.31. The van der Waals surface area contributed by atoms with E-state index in [0.29, 0.717) is 27.5 Å². The molecule has 0 spiro atoms. The minimum atomic E-state index is -4.46. The number of hydrogen-bond donors (Lipinski definition) is 2. The first-order valence-electron chi connectivity index (χ1n) is 9.25. The van der Waals surface area contributed by atoms with Crippen molar-refractivity contribution in [2.75, 3.05) is 18.4 Å².